The molecule has 1 rings (SSSR count). The third kappa shape index (κ3) is 3.89. The molecule has 1 aromatic carbocycles. The van der Waals surface area contributed by atoms with Crippen LogP contribution in [0.1, 0.15) is 25.0 Å². The summed E-state index contributed by atoms with van der Waals surface area (Å²) in [7, 11) is 0. The Morgan fingerprint density at radius 3 is 2.93 bits per heavy atom. The van der Waals surface area contributed by atoms with Crippen LogP contribution in [0, 0.1) is 5.82 Å². The maximum atomic E-state index is 13.3. The summed E-state index contributed by atoms with van der Waals surface area (Å²) in [6, 6.07) is 4.53. The molecule has 84 valence electrons. The van der Waals surface area contributed by atoms with Crippen molar-refractivity contribution in [1.82, 2.24) is 0 Å². The molecule has 0 saturated heterocycles. The second-order valence-corrected chi connectivity index (χ2v) is 4.08. The predicted molar refractivity (Wildman–Crippen MR) is 60.2 cm³/mol. The zero-order valence-corrected chi connectivity index (χ0v) is 10.1. The molecule has 15 heavy (non-hydrogen) atoms. The van der Waals surface area contributed by atoms with E-state index in [0.717, 1.165) is 4.47 Å². The topological polar surface area (TPSA) is 29.5 Å². The second kappa shape index (κ2) is 6.20. The smallest absolute Gasteiger partial charge is 0.129 e. The van der Waals surface area contributed by atoms with Crippen LogP contribution in [-0.4, -0.2) is 18.3 Å². The van der Waals surface area contributed by atoms with Crippen molar-refractivity contribution in [3.05, 3.63) is 34.1 Å². The van der Waals surface area contributed by atoms with Gasteiger partial charge in [0.2, 0.25) is 0 Å². The summed E-state index contributed by atoms with van der Waals surface area (Å²) in [5.41, 5.74) is 0.309. The van der Waals surface area contributed by atoms with Gasteiger partial charge in [-0.1, -0.05) is 15.9 Å². The van der Waals surface area contributed by atoms with Crippen LogP contribution in [0.3, 0.4) is 0 Å². The van der Waals surface area contributed by atoms with Crippen molar-refractivity contribution in [3.63, 3.8) is 0 Å². The van der Waals surface area contributed by atoms with Crippen molar-refractivity contribution in [2.24, 2.45) is 0 Å². The van der Waals surface area contributed by atoms with Gasteiger partial charge in [-0.25, -0.2) is 4.39 Å². The lowest BCUT2D eigenvalue weighted by atomic mass is 10.1. The number of aliphatic hydroxyl groups excluding tert-OH is 1. The molecule has 4 heteroatoms. The molecule has 0 fully saturated rings. The molecule has 0 aliphatic carbocycles. The number of halogens is 2. The van der Waals surface area contributed by atoms with Crippen molar-refractivity contribution < 1.29 is 14.2 Å². The van der Waals surface area contributed by atoms with Crippen LogP contribution in [0.25, 0.3) is 0 Å². The number of hydrogen-bond acceptors (Lipinski definition) is 2. The first-order valence-corrected chi connectivity index (χ1v) is 5.65. The molecule has 0 saturated carbocycles. The van der Waals surface area contributed by atoms with Crippen LogP contribution in [0.4, 0.5) is 4.39 Å². The Morgan fingerprint density at radius 1 is 1.53 bits per heavy atom. The summed E-state index contributed by atoms with van der Waals surface area (Å²) < 4.78 is 19.2. The molecular weight excluding hydrogens is 263 g/mol. The lowest BCUT2D eigenvalue weighted by Gasteiger charge is -2.12. The van der Waals surface area contributed by atoms with E-state index in [1.807, 2.05) is 6.92 Å². The third-order valence-corrected chi connectivity index (χ3v) is 2.55. The summed E-state index contributed by atoms with van der Waals surface area (Å²) >= 11 is 3.24. The normalized spacial score (nSPS) is 12.8. The summed E-state index contributed by atoms with van der Waals surface area (Å²) in [5, 5.41) is 9.71. The molecule has 1 atom stereocenters. The fourth-order valence-corrected chi connectivity index (χ4v) is 1.64. The highest BCUT2D eigenvalue weighted by molar-refractivity contribution is 9.10. The summed E-state index contributed by atoms with van der Waals surface area (Å²) in [4.78, 5) is 0. The first-order valence-electron chi connectivity index (χ1n) is 4.86. The van der Waals surface area contributed by atoms with Crippen molar-refractivity contribution in [2.45, 2.75) is 19.4 Å². The quantitative estimate of drug-likeness (QED) is 0.838. The average molecular weight is 277 g/mol. The number of rotatable bonds is 5. The minimum absolute atomic E-state index is 0.309. The highest BCUT2D eigenvalue weighted by Gasteiger charge is 2.12. The largest absolute Gasteiger partial charge is 0.388 e. The van der Waals surface area contributed by atoms with Crippen LogP contribution in [0.5, 0.6) is 0 Å². The number of ether oxygens (including phenoxy) is 1. The Labute approximate surface area is 97.2 Å². The molecule has 0 amide bonds. The van der Waals surface area contributed by atoms with Gasteiger partial charge in [0.05, 0.1) is 6.10 Å². The van der Waals surface area contributed by atoms with Gasteiger partial charge in [-0.05, 0) is 25.1 Å². The standard InChI is InChI=1S/C11H14BrFO2/c1-2-15-6-5-11(14)9-7-8(12)3-4-10(9)13/h3-4,7,11,14H,2,5-6H2,1H3. The molecule has 0 spiro atoms. The van der Waals surface area contributed by atoms with E-state index in [-0.39, 0.29) is 5.82 Å². The SMILES string of the molecule is CCOCCC(O)c1cc(Br)ccc1F. The van der Waals surface area contributed by atoms with Crippen molar-refractivity contribution in [2.75, 3.05) is 13.2 Å². The highest BCUT2D eigenvalue weighted by Crippen LogP contribution is 2.23. The molecule has 0 radical (unpaired) electrons. The lowest BCUT2D eigenvalue weighted by Crippen LogP contribution is -2.05. The van der Waals surface area contributed by atoms with Crippen LogP contribution in [0.2, 0.25) is 0 Å². The van der Waals surface area contributed by atoms with E-state index in [2.05, 4.69) is 15.9 Å². The van der Waals surface area contributed by atoms with Crippen LogP contribution in [0.15, 0.2) is 22.7 Å². The number of benzene rings is 1. The highest BCUT2D eigenvalue weighted by atomic mass is 79.9. The minimum Gasteiger partial charge on any atom is -0.388 e. The predicted octanol–water partition coefficient (Wildman–Crippen LogP) is 3.05. The zero-order valence-electron chi connectivity index (χ0n) is 8.54. The van der Waals surface area contributed by atoms with Gasteiger partial charge in [-0.15, -0.1) is 0 Å². The van der Waals surface area contributed by atoms with Gasteiger partial charge in [-0.3, -0.25) is 0 Å². The van der Waals surface area contributed by atoms with Gasteiger partial charge in [0.15, 0.2) is 0 Å². The van der Waals surface area contributed by atoms with E-state index < -0.39 is 6.10 Å². The second-order valence-electron chi connectivity index (χ2n) is 3.17. The van der Waals surface area contributed by atoms with Crippen LogP contribution in [-0.2, 0) is 4.74 Å². The summed E-state index contributed by atoms with van der Waals surface area (Å²) in [5.74, 6) is -0.387. The van der Waals surface area contributed by atoms with Crippen molar-refractivity contribution in [3.8, 4) is 0 Å². The Morgan fingerprint density at radius 2 is 2.27 bits per heavy atom. The summed E-state index contributed by atoms with van der Waals surface area (Å²) in [6.45, 7) is 2.92. The fourth-order valence-electron chi connectivity index (χ4n) is 1.26. The molecular formula is C11H14BrFO2. The Kier molecular flexibility index (Phi) is 5.22. The van der Waals surface area contributed by atoms with Crippen LogP contribution < -0.4 is 0 Å². The van der Waals surface area contributed by atoms with E-state index in [9.17, 15) is 9.50 Å². The zero-order chi connectivity index (χ0) is 11.3. The molecule has 0 aliphatic heterocycles. The molecule has 1 unspecified atom stereocenters. The fraction of sp³-hybridized carbons (Fsp3) is 0.455. The van der Waals surface area contributed by atoms with Gasteiger partial charge in [-0.2, -0.15) is 0 Å². The summed E-state index contributed by atoms with van der Waals surface area (Å²) in [6.07, 6.45) is -0.407. The van der Waals surface area contributed by atoms with E-state index >= 15 is 0 Å². The first kappa shape index (κ1) is 12.6. The molecule has 0 aliphatic rings. The molecule has 2 nitrogen and oxygen atoms in total. The lowest BCUT2D eigenvalue weighted by molar-refractivity contribution is 0.0868. The molecule has 0 heterocycles. The van der Waals surface area contributed by atoms with E-state index in [1.54, 1.807) is 12.1 Å². The number of hydrogen-bond donors (Lipinski definition) is 1. The van der Waals surface area contributed by atoms with Gasteiger partial charge in [0, 0.05) is 29.7 Å². The minimum atomic E-state index is -0.811. The molecule has 0 bridgehead atoms. The van der Waals surface area contributed by atoms with Gasteiger partial charge in [0.1, 0.15) is 5.82 Å². The first-order chi connectivity index (χ1) is 7.15. The van der Waals surface area contributed by atoms with E-state index in [1.165, 1.54) is 6.07 Å². The van der Waals surface area contributed by atoms with E-state index in [0.29, 0.717) is 25.2 Å². The van der Waals surface area contributed by atoms with Gasteiger partial charge < -0.3 is 9.84 Å². The van der Waals surface area contributed by atoms with Crippen molar-refractivity contribution in [1.29, 1.82) is 0 Å². The molecule has 1 aromatic rings. The Hall–Kier alpha value is -0.450. The molecule has 1 N–H and O–H groups in total. The number of aliphatic hydroxyl groups is 1. The van der Waals surface area contributed by atoms with E-state index in [4.69, 9.17) is 4.74 Å². The Balaban J connectivity index is 2.64. The maximum absolute atomic E-state index is 13.3. The monoisotopic (exact) mass is 276 g/mol. The Bertz CT molecular complexity index is 317. The molecule has 0 aromatic heterocycles. The van der Waals surface area contributed by atoms with Gasteiger partial charge >= 0.3 is 0 Å². The van der Waals surface area contributed by atoms with Crippen molar-refractivity contribution >= 4 is 15.9 Å². The van der Waals surface area contributed by atoms with Gasteiger partial charge in [0.25, 0.3) is 0 Å². The maximum Gasteiger partial charge on any atom is 0.129 e. The third-order valence-electron chi connectivity index (χ3n) is 2.06. The van der Waals surface area contributed by atoms with Crippen LogP contribution >= 0.6 is 15.9 Å². The average Bonchev–Trinajstić information content (AvgIpc) is 2.22.